The molecule has 0 radical (unpaired) electrons. The number of hydrogen-bond donors (Lipinski definition) is 1. The van der Waals surface area contributed by atoms with Gasteiger partial charge in [0.1, 0.15) is 10.4 Å². The Morgan fingerprint density at radius 1 is 1.57 bits per heavy atom. The van der Waals surface area contributed by atoms with E-state index in [9.17, 15) is 14.7 Å². The third-order valence-corrected chi connectivity index (χ3v) is 4.28. The summed E-state index contributed by atoms with van der Waals surface area (Å²) in [4.78, 5) is 29.5. The number of carboxylic acids is 1. The van der Waals surface area contributed by atoms with Crippen molar-refractivity contribution >= 4 is 46.3 Å². The Bertz CT molecular complexity index is 601. The van der Waals surface area contributed by atoms with E-state index in [1.54, 1.807) is 24.4 Å². The van der Waals surface area contributed by atoms with Gasteiger partial charge in [-0.05, 0) is 24.6 Å². The Kier molecular flexibility index (Phi) is 5.08. The Morgan fingerprint density at radius 3 is 2.90 bits per heavy atom. The van der Waals surface area contributed by atoms with Crippen molar-refractivity contribution in [3.63, 3.8) is 0 Å². The van der Waals surface area contributed by atoms with Crippen molar-refractivity contribution in [2.45, 2.75) is 25.8 Å². The molecule has 0 saturated carbocycles. The van der Waals surface area contributed by atoms with Gasteiger partial charge in [0.15, 0.2) is 0 Å². The van der Waals surface area contributed by atoms with Crippen molar-refractivity contribution in [1.29, 1.82) is 0 Å². The van der Waals surface area contributed by atoms with Crippen LogP contribution in [-0.2, 0) is 9.59 Å². The summed E-state index contributed by atoms with van der Waals surface area (Å²) in [5.41, 5.74) is 0.639. The van der Waals surface area contributed by atoms with Gasteiger partial charge in [0, 0.05) is 6.20 Å². The highest BCUT2D eigenvalue weighted by Crippen LogP contribution is 2.34. The summed E-state index contributed by atoms with van der Waals surface area (Å²) >= 11 is 6.28. The van der Waals surface area contributed by atoms with Crippen LogP contribution in [0.2, 0.25) is 0 Å². The molecule has 110 valence electrons. The zero-order chi connectivity index (χ0) is 15.4. The summed E-state index contributed by atoms with van der Waals surface area (Å²) in [6, 6.07) is 4.46. The summed E-state index contributed by atoms with van der Waals surface area (Å²) in [6.07, 6.45) is 4.29. The number of carboxylic acid groups (broad SMARTS) is 1. The molecule has 1 aromatic rings. The lowest BCUT2D eigenvalue weighted by atomic mass is 10.1. The average Bonchev–Trinajstić information content (AvgIpc) is 2.72. The number of thioether (sulfide) groups is 1. The Balaban J connectivity index is 2.28. The predicted octanol–water partition coefficient (Wildman–Crippen LogP) is 2.54. The van der Waals surface area contributed by atoms with E-state index in [0.717, 1.165) is 11.8 Å². The first-order valence-electron chi connectivity index (χ1n) is 6.45. The molecular formula is C14H14N2O3S2. The van der Waals surface area contributed by atoms with Crippen molar-refractivity contribution in [1.82, 2.24) is 9.88 Å². The fourth-order valence-electron chi connectivity index (χ4n) is 1.98. The number of aliphatic carboxylic acids is 1. The van der Waals surface area contributed by atoms with Crippen LogP contribution in [0.4, 0.5) is 0 Å². The number of carbonyl (C=O) groups is 2. The minimum atomic E-state index is -1.03. The first-order chi connectivity index (χ1) is 10.0. The van der Waals surface area contributed by atoms with Gasteiger partial charge in [-0.2, -0.15) is 0 Å². The summed E-state index contributed by atoms with van der Waals surface area (Å²) in [6.45, 7) is 1.87. The molecule has 0 spiro atoms. The summed E-state index contributed by atoms with van der Waals surface area (Å²) in [5.74, 6) is -1.40. The SMILES string of the molecule is CCCC(C(=O)O)N1C(=O)/C(=C/c2ccccn2)SC1=S. The third-order valence-electron chi connectivity index (χ3n) is 2.95. The Morgan fingerprint density at radius 2 is 2.33 bits per heavy atom. The molecule has 2 heterocycles. The van der Waals surface area contributed by atoms with E-state index in [1.807, 2.05) is 13.0 Å². The normalized spacial score (nSPS) is 18.3. The fraction of sp³-hybridized carbons (Fsp3) is 0.286. The molecule has 1 atom stereocenters. The second-order valence-corrected chi connectivity index (χ2v) is 6.12. The molecule has 5 nitrogen and oxygen atoms in total. The van der Waals surface area contributed by atoms with Gasteiger partial charge in [0.2, 0.25) is 0 Å². The summed E-state index contributed by atoms with van der Waals surface area (Å²) in [7, 11) is 0. The maximum absolute atomic E-state index is 12.4. The number of nitrogens with zero attached hydrogens (tertiary/aromatic N) is 2. The highest BCUT2D eigenvalue weighted by atomic mass is 32.2. The van der Waals surface area contributed by atoms with Gasteiger partial charge < -0.3 is 5.11 Å². The molecule has 1 fully saturated rings. The Labute approximate surface area is 132 Å². The van der Waals surface area contributed by atoms with Crippen LogP contribution in [0.3, 0.4) is 0 Å². The number of thiocarbonyl (C=S) groups is 1. The van der Waals surface area contributed by atoms with Crippen LogP contribution in [0, 0.1) is 0 Å². The summed E-state index contributed by atoms with van der Waals surface area (Å²) in [5, 5.41) is 9.28. The number of aromatic nitrogens is 1. The monoisotopic (exact) mass is 322 g/mol. The molecule has 1 aromatic heterocycles. The van der Waals surface area contributed by atoms with Crippen molar-refractivity contribution in [2.24, 2.45) is 0 Å². The maximum Gasteiger partial charge on any atom is 0.326 e. The highest BCUT2D eigenvalue weighted by Gasteiger charge is 2.39. The van der Waals surface area contributed by atoms with Crippen molar-refractivity contribution in [3.8, 4) is 0 Å². The van der Waals surface area contributed by atoms with E-state index in [-0.39, 0.29) is 10.2 Å². The van der Waals surface area contributed by atoms with Crippen LogP contribution in [0.15, 0.2) is 29.3 Å². The molecule has 1 N–H and O–H groups in total. The fourth-order valence-corrected chi connectivity index (χ4v) is 3.32. The van der Waals surface area contributed by atoms with E-state index >= 15 is 0 Å². The van der Waals surface area contributed by atoms with Gasteiger partial charge >= 0.3 is 5.97 Å². The van der Waals surface area contributed by atoms with Crippen molar-refractivity contribution in [3.05, 3.63) is 35.0 Å². The van der Waals surface area contributed by atoms with E-state index in [4.69, 9.17) is 12.2 Å². The first kappa shape index (κ1) is 15.7. The topological polar surface area (TPSA) is 70.5 Å². The van der Waals surface area contributed by atoms with Crippen LogP contribution in [-0.4, -0.2) is 37.2 Å². The standard InChI is InChI=1S/C14H14N2O3S2/c1-2-5-10(13(18)19)16-12(17)11(21-14(16)20)8-9-6-3-4-7-15-9/h3-4,6-8,10H,2,5H2,1H3,(H,18,19)/b11-8-. The molecular weight excluding hydrogens is 308 g/mol. The van der Waals surface area contributed by atoms with Gasteiger partial charge in [-0.25, -0.2) is 4.79 Å². The van der Waals surface area contributed by atoms with Gasteiger partial charge in [-0.15, -0.1) is 0 Å². The lowest BCUT2D eigenvalue weighted by Gasteiger charge is -2.22. The lowest BCUT2D eigenvalue weighted by molar-refractivity contribution is -0.145. The van der Waals surface area contributed by atoms with E-state index in [0.29, 0.717) is 23.4 Å². The van der Waals surface area contributed by atoms with E-state index < -0.39 is 12.0 Å². The van der Waals surface area contributed by atoms with Crippen LogP contribution < -0.4 is 0 Å². The lowest BCUT2D eigenvalue weighted by Crippen LogP contribution is -2.43. The summed E-state index contributed by atoms with van der Waals surface area (Å²) < 4.78 is 0.281. The molecule has 21 heavy (non-hydrogen) atoms. The minimum Gasteiger partial charge on any atom is -0.480 e. The average molecular weight is 322 g/mol. The molecule has 0 bridgehead atoms. The number of rotatable bonds is 5. The second kappa shape index (κ2) is 6.82. The molecule has 1 aliphatic rings. The zero-order valence-corrected chi connectivity index (χ0v) is 13.0. The molecule has 1 aliphatic heterocycles. The number of hydrogen-bond acceptors (Lipinski definition) is 5. The number of pyridine rings is 1. The minimum absolute atomic E-state index is 0.281. The zero-order valence-electron chi connectivity index (χ0n) is 11.4. The molecule has 1 saturated heterocycles. The Hall–Kier alpha value is -1.73. The van der Waals surface area contributed by atoms with Crippen LogP contribution >= 0.6 is 24.0 Å². The second-order valence-electron chi connectivity index (χ2n) is 4.45. The molecule has 0 aliphatic carbocycles. The largest absolute Gasteiger partial charge is 0.480 e. The van der Waals surface area contributed by atoms with E-state index in [1.165, 1.54) is 4.90 Å². The molecule has 0 aromatic carbocycles. The van der Waals surface area contributed by atoms with Crippen LogP contribution in [0.1, 0.15) is 25.5 Å². The van der Waals surface area contributed by atoms with Crippen molar-refractivity contribution < 1.29 is 14.7 Å². The van der Waals surface area contributed by atoms with Crippen molar-refractivity contribution in [2.75, 3.05) is 0 Å². The molecule has 1 unspecified atom stereocenters. The van der Waals surface area contributed by atoms with Gasteiger partial charge in [-0.1, -0.05) is 43.4 Å². The van der Waals surface area contributed by atoms with Gasteiger partial charge in [0.05, 0.1) is 10.6 Å². The third kappa shape index (κ3) is 3.48. The smallest absolute Gasteiger partial charge is 0.326 e. The molecule has 7 heteroatoms. The highest BCUT2D eigenvalue weighted by molar-refractivity contribution is 8.26. The first-order valence-corrected chi connectivity index (χ1v) is 7.68. The molecule has 1 amide bonds. The quantitative estimate of drug-likeness (QED) is 0.663. The molecule has 2 rings (SSSR count). The van der Waals surface area contributed by atoms with E-state index in [2.05, 4.69) is 4.98 Å². The van der Waals surface area contributed by atoms with Crippen LogP contribution in [0.5, 0.6) is 0 Å². The number of carbonyl (C=O) groups excluding carboxylic acids is 1. The van der Waals surface area contributed by atoms with Gasteiger partial charge in [0.25, 0.3) is 5.91 Å². The van der Waals surface area contributed by atoms with Crippen LogP contribution in [0.25, 0.3) is 6.08 Å². The number of amides is 1. The predicted molar refractivity (Wildman–Crippen MR) is 85.6 cm³/mol. The maximum atomic E-state index is 12.4. The van der Waals surface area contributed by atoms with Gasteiger partial charge in [-0.3, -0.25) is 14.7 Å².